The number of rotatable bonds is 4. The van der Waals surface area contributed by atoms with Gasteiger partial charge in [0.05, 0.1) is 12.3 Å². The number of carbonyl (C=O) groups is 2. The Morgan fingerprint density at radius 1 is 1.44 bits per heavy atom. The van der Waals surface area contributed by atoms with E-state index in [-0.39, 0.29) is 6.42 Å². The van der Waals surface area contributed by atoms with Crippen LogP contribution in [-0.2, 0) is 9.59 Å². The summed E-state index contributed by atoms with van der Waals surface area (Å²) in [6, 6.07) is 7.06. The Labute approximate surface area is 93.9 Å². The Kier molecular flexibility index (Phi) is 4.05. The van der Waals surface area contributed by atoms with Crippen molar-refractivity contribution in [1.82, 2.24) is 0 Å². The standard InChI is InChI=1S/C12H14O4/c1-8-4-3-5-10(6-8)16-12(15)9(2)7-11(13)14/h3-6,9H,7H2,1-2H3,(H,13,14). The molecule has 86 valence electrons. The first-order valence-electron chi connectivity index (χ1n) is 4.99. The van der Waals surface area contributed by atoms with Crippen LogP contribution in [0.5, 0.6) is 5.75 Å². The number of carboxylic acid groups (broad SMARTS) is 1. The molecule has 0 aliphatic heterocycles. The van der Waals surface area contributed by atoms with Crippen LogP contribution in [0.4, 0.5) is 0 Å². The Morgan fingerprint density at radius 3 is 2.69 bits per heavy atom. The summed E-state index contributed by atoms with van der Waals surface area (Å²) in [5, 5.41) is 8.54. The third-order valence-corrected chi connectivity index (χ3v) is 2.09. The van der Waals surface area contributed by atoms with E-state index >= 15 is 0 Å². The number of ether oxygens (including phenoxy) is 1. The maximum absolute atomic E-state index is 11.5. The van der Waals surface area contributed by atoms with Gasteiger partial charge >= 0.3 is 11.9 Å². The van der Waals surface area contributed by atoms with Gasteiger partial charge in [0.2, 0.25) is 0 Å². The first-order chi connectivity index (χ1) is 7.49. The zero-order chi connectivity index (χ0) is 12.1. The molecule has 1 rings (SSSR count). The number of carboxylic acids is 1. The van der Waals surface area contributed by atoms with Gasteiger partial charge < -0.3 is 9.84 Å². The molecule has 0 heterocycles. The van der Waals surface area contributed by atoms with Crippen molar-refractivity contribution in [3.8, 4) is 5.75 Å². The Bertz CT molecular complexity index is 398. The Hall–Kier alpha value is -1.84. The second-order valence-electron chi connectivity index (χ2n) is 3.74. The molecule has 0 bridgehead atoms. The average molecular weight is 222 g/mol. The highest BCUT2D eigenvalue weighted by Crippen LogP contribution is 2.15. The molecule has 1 aromatic rings. The van der Waals surface area contributed by atoms with Crippen LogP contribution in [0.3, 0.4) is 0 Å². The molecule has 0 spiro atoms. The summed E-state index contributed by atoms with van der Waals surface area (Å²) in [5.41, 5.74) is 0.983. The number of esters is 1. The smallest absolute Gasteiger partial charge is 0.314 e. The summed E-state index contributed by atoms with van der Waals surface area (Å²) in [4.78, 5) is 21.9. The minimum Gasteiger partial charge on any atom is -0.481 e. The van der Waals surface area contributed by atoms with Crippen LogP contribution in [0.15, 0.2) is 24.3 Å². The van der Waals surface area contributed by atoms with E-state index < -0.39 is 17.9 Å². The number of hydrogen-bond donors (Lipinski definition) is 1. The molecule has 0 aliphatic rings. The lowest BCUT2D eigenvalue weighted by Crippen LogP contribution is -2.20. The predicted octanol–water partition coefficient (Wildman–Crippen LogP) is 2.01. The van der Waals surface area contributed by atoms with Gasteiger partial charge in [-0.15, -0.1) is 0 Å². The molecule has 16 heavy (non-hydrogen) atoms. The van der Waals surface area contributed by atoms with Gasteiger partial charge in [0, 0.05) is 0 Å². The van der Waals surface area contributed by atoms with Crippen LogP contribution in [-0.4, -0.2) is 17.0 Å². The number of aliphatic carboxylic acids is 1. The molecule has 0 amide bonds. The Morgan fingerprint density at radius 2 is 2.12 bits per heavy atom. The van der Waals surface area contributed by atoms with Gasteiger partial charge in [0.1, 0.15) is 5.75 Å². The van der Waals surface area contributed by atoms with Gasteiger partial charge in [-0.25, -0.2) is 0 Å². The fourth-order valence-corrected chi connectivity index (χ4v) is 1.24. The summed E-state index contributed by atoms with van der Waals surface area (Å²) in [5.74, 6) is -1.72. The van der Waals surface area contributed by atoms with Crippen LogP contribution in [0.1, 0.15) is 18.9 Å². The topological polar surface area (TPSA) is 63.6 Å². The van der Waals surface area contributed by atoms with Crippen molar-refractivity contribution in [3.63, 3.8) is 0 Å². The van der Waals surface area contributed by atoms with Crippen molar-refractivity contribution < 1.29 is 19.4 Å². The maximum atomic E-state index is 11.5. The van der Waals surface area contributed by atoms with Crippen LogP contribution in [0, 0.1) is 12.8 Å². The summed E-state index contributed by atoms with van der Waals surface area (Å²) in [6.45, 7) is 3.42. The van der Waals surface area contributed by atoms with Crippen LogP contribution in [0.2, 0.25) is 0 Å². The minimum absolute atomic E-state index is 0.218. The molecule has 0 aromatic heterocycles. The van der Waals surface area contributed by atoms with E-state index in [1.807, 2.05) is 13.0 Å². The van der Waals surface area contributed by atoms with Crippen LogP contribution in [0.25, 0.3) is 0 Å². The number of hydrogen-bond acceptors (Lipinski definition) is 3. The molecular formula is C12H14O4. The third-order valence-electron chi connectivity index (χ3n) is 2.09. The molecule has 0 radical (unpaired) electrons. The van der Waals surface area contributed by atoms with E-state index in [9.17, 15) is 9.59 Å². The van der Waals surface area contributed by atoms with E-state index in [1.54, 1.807) is 18.2 Å². The molecule has 4 heteroatoms. The van der Waals surface area contributed by atoms with Gasteiger partial charge in [-0.1, -0.05) is 19.1 Å². The van der Waals surface area contributed by atoms with Crippen LogP contribution >= 0.6 is 0 Å². The summed E-state index contributed by atoms with van der Waals surface area (Å²) in [6.07, 6.45) is -0.218. The molecule has 0 aliphatic carbocycles. The van der Waals surface area contributed by atoms with Crippen molar-refractivity contribution in [3.05, 3.63) is 29.8 Å². The van der Waals surface area contributed by atoms with Gasteiger partial charge in [-0.05, 0) is 24.6 Å². The summed E-state index contributed by atoms with van der Waals surface area (Å²) in [7, 11) is 0. The highest BCUT2D eigenvalue weighted by atomic mass is 16.5. The summed E-state index contributed by atoms with van der Waals surface area (Å²) < 4.78 is 5.06. The zero-order valence-corrected chi connectivity index (χ0v) is 9.27. The molecule has 1 atom stereocenters. The van der Waals surface area contributed by atoms with Crippen molar-refractivity contribution in [2.75, 3.05) is 0 Å². The maximum Gasteiger partial charge on any atom is 0.314 e. The molecule has 0 saturated heterocycles. The molecule has 1 aromatic carbocycles. The van der Waals surface area contributed by atoms with Gasteiger partial charge in [-0.3, -0.25) is 9.59 Å². The average Bonchev–Trinajstić information content (AvgIpc) is 2.16. The van der Waals surface area contributed by atoms with Crippen molar-refractivity contribution in [1.29, 1.82) is 0 Å². The lowest BCUT2D eigenvalue weighted by atomic mass is 10.1. The monoisotopic (exact) mass is 222 g/mol. The minimum atomic E-state index is -1.01. The largest absolute Gasteiger partial charge is 0.481 e. The molecule has 4 nitrogen and oxygen atoms in total. The number of benzene rings is 1. The number of aryl methyl sites for hydroxylation is 1. The van der Waals surface area contributed by atoms with E-state index in [2.05, 4.69) is 0 Å². The van der Waals surface area contributed by atoms with Crippen molar-refractivity contribution in [2.45, 2.75) is 20.3 Å². The van der Waals surface area contributed by atoms with E-state index in [0.717, 1.165) is 5.56 Å². The lowest BCUT2D eigenvalue weighted by Gasteiger charge is -2.09. The van der Waals surface area contributed by atoms with Gasteiger partial charge in [-0.2, -0.15) is 0 Å². The highest BCUT2D eigenvalue weighted by molar-refractivity contribution is 5.80. The van der Waals surface area contributed by atoms with Gasteiger partial charge in [0.25, 0.3) is 0 Å². The van der Waals surface area contributed by atoms with E-state index in [4.69, 9.17) is 9.84 Å². The van der Waals surface area contributed by atoms with Crippen molar-refractivity contribution >= 4 is 11.9 Å². The second-order valence-corrected chi connectivity index (χ2v) is 3.74. The van der Waals surface area contributed by atoms with E-state index in [1.165, 1.54) is 6.92 Å². The van der Waals surface area contributed by atoms with E-state index in [0.29, 0.717) is 5.75 Å². The molecule has 1 N–H and O–H groups in total. The normalized spacial score (nSPS) is 11.9. The fourth-order valence-electron chi connectivity index (χ4n) is 1.24. The zero-order valence-electron chi connectivity index (χ0n) is 9.27. The Balaban J connectivity index is 2.60. The molecule has 0 fully saturated rings. The molecule has 1 unspecified atom stereocenters. The lowest BCUT2D eigenvalue weighted by molar-refractivity contribution is -0.145. The first kappa shape index (κ1) is 12.2. The highest BCUT2D eigenvalue weighted by Gasteiger charge is 2.18. The quantitative estimate of drug-likeness (QED) is 0.625. The number of carbonyl (C=O) groups excluding carboxylic acids is 1. The second kappa shape index (κ2) is 5.30. The SMILES string of the molecule is Cc1cccc(OC(=O)C(C)CC(=O)O)c1. The van der Waals surface area contributed by atoms with Crippen molar-refractivity contribution in [2.24, 2.45) is 5.92 Å². The molecule has 0 saturated carbocycles. The predicted molar refractivity (Wildman–Crippen MR) is 58.2 cm³/mol. The fraction of sp³-hybridized carbons (Fsp3) is 0.333. The third kappa shape index (κ3) is 3.73. The first-order valence-corrected chi connectivity index (χ1v) is 4.99. The molecular weight excluding hydrogens is 208 g/mol. The van der Waals surface area contributed by atoms with Gasteiger partial charge in [0.15, 0.2) is 0 Å². The van der Waals surface area contributed by atoms with Crippen LogP contribution < -0.4 is 4.74 Å². The summed E-state index contributed by atoms with van der Waals surface area (Å²) >= 11 is 0.